The number of hydrogen-bond donors (Lipinski definition) is 1. The van der Waals surface area contributed by atoms with Gasteiger partial charge in [-0.1, -0.05) is 0 Å². The zero-order chi connectivity index (χ0) is 34.8. The first-order valence-corrected chi connectivity index (χ1v) is 19.1. The number of fused-ring (bicyclic) bond motifs is 1. The summed E-state index contributed by atoms with van der Waals surface area (Å²) in [6, 6.07) is 3.52. The summed E-state index contributed by atoms with van der Waals surface area (Å²) in [5.74, 6) is -0.692. The molecule has 0 radical (unpaired) electrons. The Morgan fingerprint density at radius 1 is 0.959 bits per heavy atom. The molecule has 3 fully saturated rings. The number of piperazine rings is 1. The van der Waals surface area contributed by atoms with Gasteiger partial charge < -0.3 is 29.3 Å². The number of carbonyl (C=O) groups is 1. The lowest BCUT2D eigenvalue weighted by atomic mass is 10.0. The summed E-state index contributed by atoms with van der Waals surface area (Å²) in [5.41, 5.74) is -0.935. The Morgan fingerprint density at radius 2 is 1.69 bits per heavy atom. The second kappa shape index (κ2) is 14.6. The van der Waals surface area contributed by atoms with Gasteiger partial charge in [-0.05, 0) is 30.9 Å². The Morgan fingerprint density at radius 3 is 2.41 bits per heavy atom. The van der Waals surface area contributed by atoms with Gasteiger partial charge in [0, 0.05) is 80.8 Å². The minimum Gasteiger partial charge on any atom is -0.477 e. The number of rotatable bonds is 9. The van der Waals surface area contributed by atoms with E-state index in [1.165, 1.54) is 24.5 Å². The van der Waals surface area contributed by atoms with Crippen LogP contribution >= 0.6 is 10.0 Å². The number of ether oxygens (including phenoxy) is 3. The molecule has 1 N–H and O–H groups in total. The maximum atomic E-state index is 15.9. The zero-order valence-corrected chi connectivity index (χ0v) is 28.6. The van der Waals surface area contributed by atoms with Gasteiger partial charge in [-0.2, -0.15) is 13.2 Å². The molecule has 49 heavy (non-hydrogen) atoms. The van der Waals surface area contributed by atoms with E-state index in [9.17, 15) is 18.0 Å². The lowest BCUT2D eigenvalue weighted by Gasteiger charge is -2.45. The smallest absolute Gasteiger partial charge is 0.417 e. The molecular weight excluding hydrogens is 666 g/mol. The summed E-state index contributed by atoms with van der Waals surface area (Å²) in [7, 11) is -0.937. The van der Waals surface area contributed by atoms with E-state index < -0.39 is 39.1 Å². The van der Waals surface area contributed by atoms with E-state index in [0.717, 1.165) is 18.8 Å². The van der Waals surface area contributed by atoms with Crippen LogP contribution in [0.5, 0.6) is 5.88 Å². The van der Waals surface area contributed by atoms with Gasteiger partial charge in [0.25, 0.3) is 5.91 Å². The van der Waals surface area contributed by atoms with Crippen LogP contribution in [-0.4, -0.2) is 129 Å². The van der Waals surface area contributed by atoms with Gasteiger partial charge in [0.2, 0.25) is 11.8 Å². The fourth-order valence-corrected chi connectivity index (χ4v) is 6.60. The SMILES string of the molecule is CS(C)(C)CCOc1cc(C(F)(F)F)c(C(=O)Nc2cc(-c3cnc(N4CCOCC4)nc3)c(F)cc2N2CCN3CCOCC3C2)cn1. The molecule has 1 amide bonds. The van der Waals surface area contributed by atoms with Crippen LogP contribution in [0.15, 0.2) is 36.8 Å². The highest BCUT2D eigenvalue weighted by molar-refractivity contribution is 8.32. The number of pyridine rings is 1. The number of amides is 1. The standard InChI is InChI=1S/C33H41F4N7O4S/c1-49(2,3)13-12-48-30-15-26(33(35,36)37)25(19-38-30)31(45)41-28-14-24(22-17-39-32(40-18-22)43-7-9-46-10-8-43)27(34)16-29(28)44-5-4-42-6-11-47-21-23(42)20-44/h14-19,23H,4-13,20-21H2,1-3H3,(H,41,45). The van der Waals surface area contributed by atoms with Crippen LogP contribution in [0.3, 0.4) is 0 Å². The monoisotopic (exact) mass is 707 g/mol. The first kappa shape index (κ1) is 35.1. The zero-order valence-electron chi connectivity index (χ0n) is 27.8. The Bertz CT molecular complexity index is 1630. The number of nitrogens with one attached hydrogen (secondary N) is 1. The van der Waals surface area contributed by atoms with Gasteiger partial charge in [0.1, 0.15) is 5.82 Å². The van der Waals surface area contributed by atoms with Crippen molar-refractivity contribution in [3.8, 4) is 17.0 Å². The molecule has 3 saturated heterocycles. The molecule has 2 aromatic heterocycles. The normalized spacial score (nSPS) is 19.4. The van der Waals surface area contributed by atoms with Crippen molar-refractivity contribution in [2.24, 2.45) is 0 Å². The largest absolute Gasteiger partial charge is 0.477 e. The molecule has 16 heteroatoms. The van der Waals surface area contributed by atoms with Crippen molar-refractivity contribution < 1.29 is 36.6 Å². The highest BCUT2D eigenvalue weighted by Gasteiger charge is 2.37. The summed E-state index contributed by atoms with van der Waals surface area (Å²) in [4.78, 5) is 32.7. The molecule has 5 heterocycles. The van der Waals surface area contributed by atoms with Crippen molar-refractivity contribution in [1.82, 2.24) is 19.9 Å². The Balaban J connectivity index is 1.32. The minimum atomic E-state index is -4.86. The van der Waals surface area contributed by atoms with E-state index in [0.29, 0.717) is 82.1 Å². The van der Waals surface area contributed by atoms with Crippen molar-refractivity contribution in [3.05, 3.63) is 53.7 Å². The van der Waals surface area contributed by atoms with Crippen LogP contribution in [0.2, 0.25) is 0 Å². The molecule has 1 unspecified atom stereocenters. The van der Waals surface area contributed by atoms with Crippen LogP contribution in [0.4, 0.5) is 34.9 Å². The molecule has 3 aromatic rings. The van der Waals surface area contributed by atoms with Crippen molar-refractivity contribution in [2.45, 2.75) is 12.2 Å². The van der Waals surface area contributed by atoms with E-state index in [1.54, 1.807) is 0 Å². The number of alkyl halides is 3. The van der Waals surface area contributed by atoms with E-state index in [2.05, 4.69) is 43.9 Å². The first-order valence-electron chi connectivity index (χ1n) is 16.1. The average Bonchev–Trinajstić information content (AvgIpc) is 3.08. The van der Waals surface area contributed by atoms with E-state index in [-0.39, 0.29) is 29.8 Å². The summed E-state index contributed by atoms with van der Waals surface area (Å²) in [6.45, 7) is 6.13. The summed E-state index contributed by atoms with van der Waals surface area (Å²) < 4.78 is 75.5. The molecule has 3 aliphatic heterocycles. The second-order valence-corrected chi connectivity index (χ2v) is 17.7. The van der Waals surface area contributed by atoms with Gasteiger partial charge in [-0.25, -0.2) is 29.4 Å². The molecule has 1 aromatic carbocycles. The topological polar surface area (TPSA) is 105 Å². The molecule has 0 spiro atoms. The van der Waals surface area contributed by atoms with E-state index in [1.807, 2.05) is 9.80 Å². The van der Waals surface area contributed by atoms with Crippen LogP contribution in [0.1, 0.15) is 15.9 Å². The third-order valence-electron chi connectivity index (χ3n) is 8.73. The summed E-state index contributed by atoms with van der Waals surface area (Å²) in [5, 5.41) is 2.66. The molecule has 0 bridgehead atoms. The Hall–Kier alpha value is -3.73. The molecule has 0 aliphatic carbocycles. The quantitative estimate of drug-likeness (QED) is 0.323. The Labute approximate surface area is 284 Å². The lowest BCUT2D eigenvalue weighted by Crippen LogP contribution is -2.58. The predicted molar refractivity (Wildman–Crippen MR) is 182 cm³/mol. The lowest BCUT2D eigenvalue weighted by molar-refractivity contribution is -0.138. The fourth-order valence-electron chi connectivity index (χ4n) is 6.01. The molecule has 11 nitrogen and oxygen atoms in total. The second-order valence-electron chi connectivity index (χ2n) is 13.1. The highest BCUT2D eigenvalue weighted by Crippen LogP contribution is 2.38. The number of hydrogen-bond acceptors (Lipinski definition) is 10. The minimum absolute atomic E-state index is 0.0448. The highest BCUT2D eigenvalue weighted by atomic mass is 32.3. The predicted octanol–water partition coefficient (Wildman–Crippen LogP) is 4.38. The summed E-state index contributed by atoms with van der Waals surface area (Å²) >= 11 is 0. The van der Waals surface area contributed by atoms with E-state index in [4.69, 9.17) is 14.2 Å². The van der Waals surface area contributed by atoms with E-state index >= 15 is 4.39 Å². The molecular formula is C33H41F4N7O4S. The van der Waals surface area contributed by atoms with Gasteiger partial charge in [-0.15, -0.1) is 0 Å². The maximum absolute atomic E-state index is 15.9. The van der Waals surface area contributed by atoms with Crippen molar-refractivity contribution in [2.75, 3.05) is 112 Å². The summed E-state index contributed by atoms with van der Waals surface area (Å²) in [6.07, 6.45) is 5.21. The first-order chi connectivity index (χ1) is 23.4. The van der Waals surface area contributed by atoms with Gasteiger partial charge >= 0.3 is 6.18 Å². The van der Waals surface area contributed by atoms with Crippen molar-refractivity contribution in [3.63, 3.8) is 0 Å². The number of anilines is 3. The number of morpholine rings is 2. The number of aromatic nitrogens is 3. The number of halogens is 4. The molecule has 266 valence electrons. The molecule has 3 aliphatic rings. The number of carbonyl (C=O) groups excluding carboxylic acids is 1. The van der Waals surface area contributed by atoms with Crippen LogP contribution < -0.4 is 19.9 Å². The van der Waals surface area contributed by atoms with Crippen molar-refractivity contribution in [1.29, 1.82) is 0 Å². The molecule has 6 rings (SSSR count). The van der Waals surface area contributed by atoms with Crippen LogP contribution in [0, 0.1) is 5.82 Å². The Kier molecular flexibility index (Phi) is 10.5. The number of nitrogens with zero attached hydrogens (tertiary/aromatic N) is 6. The molecule has 0 saturated carbocycles. The van der Waals surface area contributed by atoms with Crippen LogP contribution in [0.25, 0.3) is 11.1 Å². The van der Waals surface area contributed by atoms with Crippen molar-refractivity contribution >= 4 is 33.3 Å². The number of benzene rings is 1. The third kappa shape index (κ3) is 8.53. The van der Waals surface area contributed by atoms with Crippen LogP contribution in [-0.2, 0) is 15.7 Å². The van der Waals surface area contributed by atoms with Gasteiger partial charge in [0.15, 0.2) is 0 Å². The average molecular weight is 708 g/mol. The molecule has 1 atom stereocenters. The van der Waals surface area contributed by atoms with Gasteiger partial charge in [0.05, 0.1) is 61.6 Å². The van der Waals surface area contributed by atoms with Gasteiger partial charge in [-0.3, -0.25) is 9.69 Å². The fraction of sp³-hybridized carbons (Fsp3) is 0.515. The maximum Gasteiger partial charge on any atom is 0.417 e. The third-order valence-corrected chi connectivity index (χ3v) is 10.1.